The number of nitrogens with one attached hydrogen (secondary N) is 1. The van der Waals surface area contributed by atoms with Crippen LogP contribution in [0.2, 0.25) is 0 Å². The smallest absolute Gasteiger partial charge is 0.157 e. The fourth-order valence-electron chi connectivity index (χ4n) is 3.82. The maximum Gasteiger partial charge on any atom is 0.157 e. The lowest BCUT2D eigenvalue weighted by atomic mass is 10.0. The van der Waals surface area contributed by atoms with Crippen LogP contribution >= 0.6 is 0 Å². The molecule has 29 heavy (non-hydrogen) atoms. The van der Waals surface area contributed by atoms with E-state index in [2.05, 4.69) is 57.7 Å². The highest BCUT2D eigenvalue weighted by Crippen LogP contribution is 2.30. The van der Waals surface area contributed by atoms with Crippen LogP contribution in [-0.2, 0) is 4.74 Å². The highest BCUT2D eigenvalue weighted by atomic mass is 16.5. The minimum absolute atomic E-state index is 0.00533. The zero-order chi connectivity index (χ0) is 20.4. The van der Waals surface area contributed by atoms with E-state index in [1.165, 1.54) is 5.69 Å². The number of aryl methyl sites for hydroxylation is 2. The van der Waals surface area contributed by atoms with Gasteiger partial charge in [-0.1, -0.05) is 12.1 Å². The lowest BCUT2D eigenvalue weighted by Gasteiger charge is -2.29. The molecule has 3 aromatic rings. The number of ether oxygens (including phenoxy) is 1. The molecule has 1 atom stereocenters. The average Bonchev–Trinajstić information content (AvgIpc) is 2.75. The van der Waals surface area contributed by atoms with Crippen molar-refractivity contribution >= 4 is 22.3 Å². The molecule has 1 unspecified atom stereocenters. The summed E-state index contributed by atoms with van der Waals surface area (Å²) < 4.78 is 5.48. The third-order valence-electron chi connectivity index (χ3n) is 5.41. The van der Waals surface area contributed by atoms with Crippen LogP contribution in [0.3, 0.4) is 0 Å². The fourth-order valence-corrected chi connectivity index (χ4v) is 3.82. The zero-order valence-electron chi connectivity index (χ0n) is 17.1. The lowest BCUT2D eigenvalue weighted by molar-refractivity contribution is 0.122. The maximum atomic E-state index is 9.28. The highest BCUT2D eigenvalue weighted by molar-refractivity contribution is 5.95. The number of aromatic nitrogens is 2. The first-order valence-corrected chi connectivity index (χ1v) is 9.93. The molecule has 0 saturated carbocycles. The van der Waals surface area contributed by atoms with E-state index >= 15 is 0 Å². The Balaban J connectivity index is 1.70. The molecule has 2 aromatic carbocycles. The van der Waals surface area contributed by atoms with Gasteiger partial charge in [-0.3, -0.25) is 0 Å². The van der Waals surface area contributed by atoms with Crippen LogP contribution in [0.5, 0.6) is 0 Å². The number of anilines is 2. The first-order valence-electron chi connectivity index (χ1n) is 9.93. The van der Waals surface area contributed by atoms with Gasteiger partial charge in [-0.2, -0.15) is 10.4 Å². The molecule has 1 saturated heterocycles. The van der Waals surface area contributed by atoms with Gasteiger partial charge in [0.25, 0.3) is 0 Å². The number of benzene rings is 2. The van der Waals surface area contributed by atoms with Crippen LogP contribution in [0.15, 0.2) is 36.4 Å². The van der Waals surface area contributed by atoms with E-state index in [0.29, 0.717) is 5.56 Å². The van der Waals surface area contributed by atoms with Crippen molar-refractivity contribution in [2.75, 3.05) is 36.5 Å². The van der Waals surface area contributed by atoms with Crippen molar-refractivity contribution in [1.82, 2.24) is 10.2 Å². The molecule has 0 spiro atoms. The van der Waals surface area contributed by atoms with Crippen LogP contribution in [0.25, 0.3) is 10.8 Å². The van der Waals surface area contributed by atoms with Gasteiger partial charge in [-0.25, -0.2) is 0 Å². The van der Waals surface area contributed by atoms with E-state index in [-0.39, 0.29) is 6.04 Å². The molecular formula is C23H25N5O. The number of hydrogen-bond donors (Lipinski definition) is 1. The van der Waals surface area contributed by atoms with E-state index in [1.807, 2.05) is 26.0 Å². The van der Waals surface area contributed by atoms with Gasteiger partial charge in [0.05, 0.1) is 36.6 Å². The van der Waals surface area contributed by atoms with Gasteiger partial charge in [-0.05, 0) is 56.2 Å². The molecule has 4 rings (SSSR count). The minimum atomic E-state index is -0.00533. The molecule has 1 fully saturated rings. The first kappa shape index (κ1) is 19.2. The molecule has 1 N–H and O–H groups in total. The molecule has 2 heterocycles. The Morgan fingerprint density at radius 2 is 1.86 bits per heavy atom. The molecule has 6 heteroatoms. The van der Waals surface area contributed by atoms with Crippen molar-refractivity contribution in [1.29, 1.82) is 5.26 Å². The standard InChI is InChI=1S/C23H25N5O/c1-15-10-18(14-24)12-19(11-15)16(2)25-23-22-13-20(28-6-8-29-9-7-28)4-5-21(22)17(3)26-27-23/h4-5,10-13,16H,6-9H2,1-3H3,(H,25,27). The van der Waals surface area contributed by atoms with Gasteiger partial charge in [0, 0.05) is 29.5 Å². The van der Waals surface area contributed by atoms with Crippen molar-refractivity contribution in [3.63, 3.8) is 0 Å². The Morgan fingerprint density at radius 1 is 1.07 bits per heavy atom. The summed E-state index contributed by atoms with van der Waals surface area (Å²) in [5.41, 5.74) is 4.88. The summed E-state index contributed by atoms with van der Waals surface area (Å²) in [6.45, 7) is 9.36. The molecule has 0 radical (unpaired) electrons. The Kier molecular flexibility index (Phi) is 5.32. The monoisotopic (exact) mass is 387 g/mol. The van der Waals surface area contributed by atoms with E-state index < -0.39 is 0 Å². The highest BCUT2D eigenvalue weighted by Gasteiger charge is 2.16. The predicted molar refractivity (Wildman–Crippen MR) is 115 cm³/mol. The van der Waals surface area contributed by atoms with Gasteiger partial charge in [0.15, 0.2) is 5.82 Å². The number of rotatable bonds is 4. The van der Waals surface area contributed by atoms with Crippen molar-refractivity contribution in [3.05, 3.63) is 58.8 Å². The van der Waals surface area contributed by atoms with E-state index in [9.17, 15) is 5.26 Å². The van der Waals surface area contributed by atoms with Crippen molar-refractivity contribution in [3.8, 4) is 6.07 Å². The van der Waals surface area contributed by atoms with Crippen LogP contribution in [0, 0.1) is 25.2 Å². The molecule has 1 aliphatic rings. The number of morpholine rings is 1. The third-order valence-corrected chi connectivity index (χ3v) is 5.41. The summed E-state index contributed by atoms with van der Waals surface area (Å²) >= 11 is 0. The molecule has 0 aliphatic carbocycles. The second-order valence-corrected chi connectivity index (χ2v) is 7.57. The predicted octanol–water partition coefficient (Wildman–Crippen LogP) is 4.13. The second kappa shape index (κ2) is 8.06. The van der Waals surface area contributed by atoms with E-state index in [1.54, 1.807) is 0 Å². The van der Waals surface area contributed by atoms with E-state index in [0.717, 1.165) is 59.7 Å². The third kappa shape index (κ3) is 4.01. The summed E-state index contributed by atoms with van der Waals surface area (Å²) in [6.07, 6.45) is 0. The molecule has 148 valence electrons. The first-order chi connectivity index (χ1) is 14.0. The molecule has 1 aromatic heterocycles. The molecule has 0 bridgehead atoms. The number of nitrogens with zero attached hydrogens (tertiary/aromatic N) is 4. The normalized spacial score (nSPS) is 15.2. The average molecular weight is 387 g/mol. The second-order valence-electron chi connectivity index (χ2n) is 7.57. The Bertz CT molecular complexity index is 1080. The van der Waals surface area contributed by atoms with Crippen molar-refractivity contribution in [2.45, 2.75) is 26.8 Å². The topological polar surface area (TPSA) is 74.1 Å². The summed E-state index contributed by atoms with van der Waals surface area (Å²) in [5.74, 6) is 0.758. The fraction of sp³-hybridized carbons (Fsp3) is 0.348. The molecule has 6 nitrogen and oxygen atoms in total. The van der Waals surface area contributed by atoms with Crippen LogP contribution < -0.4 is 10.2 Å². The Morgan fingerprint density at radius 3 is 2.62 bits per heavy atom. The lowest BCUT2D eigenvalue weighted by Crippen LogP contribution is -2.36. The quantitative estimate of drug-likeness (QED) is 0.726. The van der Waals surface area contributed by atoms with Crippen LogP contribution in [-0.4, -0.2) is 36.5 Å². The summed E-state index contributed by atoms with van der Waals surface area (Å²) in [5, 5.41) is 23.7. The molecule has 0 amide bonds. The number of fused-ring (bicyclic) bond motifs is 1. The van der Waals surface area contributed by atoms with Crippen molar-refractivity contribution < 1.29 is 4.74 Å². The minimum Gasteiger partial charge on any atom is -0.378 e. The zero-order valence-corrected chi connectivity index (χ0v) is 17.1. The van der Waals surface area contributed by atoms with Gasteiger partial charge < -0.3 is 15.0 Å². The van der Waals surface area contributed by atoms with Crippen LogP contribution in [0.1, 0.15) is 35.3 Å². The SMILES string of the molecule is Cc1cc(C#N)cc(C(C)Nc2nnc(C)c3ccc(N4CCOCC4)cc23)c1. The van der Waals surface area contributed by atoms with Gasteiger partial charge >= 0.3 is 0 Å². The summed E-state index contributed by atoms with van der Waals surface area (Å²) in [6, 6.07) is 14.6. The number of nitriles is 1. The van der Waals surface area contributed by atoms with Gasteiger partial charge in [0.1, 0.15) is 0 Å². The summed E-state index contributed by atoms with van der Waals surface area (Å²) in [7, 11) is 0. The summed E-state index contributed by atoms with van der Waals surface area (Å²) in [4.78, 5) is 2.34. The van der Waals surface area contributed by atoms with Gasteiger partial charge in [-0.15, -0.1) is 5.10 Å². The van der Waals surface area contributed by atoms with Crippen molar-refractivity contribution in [2.24, 2.45) is 0 Å². The maximum absolute atomic E-state index is 9.28. The number of hydrogen-bond acceptors (Lipinski definition) is 6. The molecule has 1 aliphatic heterocycles. The Hall–Kier alpha value is -3.17. The molecular weight excluding hydrogens is 362 g/mol. The van der Waals surface area contributed by atoms with Crippen LogP contribution in [0.4, 0.5) is 11.5 Å². The van der Waals surface area contributed by atoms with E-state index in [4.69, 9.17) is 4.74 Å². The largest absolute Gasteiger partial charge is 0.378 e. The van der Waals surface area contributed by atoms with Gasteiger partial charge in [0.2, 0.25) is 0 Å². The Labute approximate surface area is 171 Å².